The maximum atomic E-state index is 12.3. The smallest absolute Gasteiger partial charge is 0.306 e. The molecule has 5 fully saturated rings. The van der Waals surface area contributed by atoms with Crippen molar-refractivity contribution in [2.45, 2.75) is 80.8 Å². The molecule has 5 rings (SSSR count). The Labute approximate surface area is 151 Å². The van der Waals surface area contributed by atoms with E-state index >= 15 is 0 Å². The molecule has 0 amide bonds. The van der Waals surface area contributed by atoms with Crippen molar-refractivity contribution in [2.75, 3.05) is 0 Å². The normalized spacial score (nSPS) is 56.1. The summed E-state index contributed by atoms with van der Waals surface area (Å²) < 4.78 is 6.06. The average molecular weight is 367 g/mol. The lowest BCUT2D eigenvalue weighted by molar-refractivity contribution is -0.199. The topological polar surface area (TPSA) is 43.4 Å². The molecule has 132 valence electrons. The minimum atomic E-state index is -0.235. The van der Waals surface area contributed by atoms with E-state index in [2.05, 4.69) is 13.8 Å². The minimum absolute atomic E-state index is 0.000125. The van der Waals surface area contributed by atoms with E-state index in [4.69, 9.17) is 4.74 Å². The second kappa shape index (κ2) is 4.97. The summed E-state index contributed by atoms with van der Waals surface area (Å²) in [5.41, 5.74) is 0.0448. The maximum absolute atomic E-state index is 12.3. The number of ketones is 1. The number of ether oxygens (including phenoxy) is 1. The van der Waals surface area contributed by atoms with E-state index in [-0.39, 0.29) is 21.7 Å². The predicted octanol–water partition coefficient (Wildman–Crippen LogP) is 4.39. The molecule has 2 bridgehead atoms. The van der Waals surface area contributed by atoms with E-state index in [0.29, 0.717) is 35.2 Å². The molecule has 0 aromatic rings. The number of Topliss-reactive ketones (excluding diaryl/α,β-unsaturated/α-hetero) is 1. The summed E-state index contributed by atoms with van der Waals surface area (Å²) in [6, 6.07) is 0. The molecule has 0 aromatic heterocycles. The Morgan fingerprint density at radius 2 is 1.92 bits per heavy atom. The van der Waals surface area contributed by atoms with Crippen LogP contribution in [0.3, 0.4) is 0 Å². The summed E-state index contributed by atoms with van der Waals surface area (Å²) in [6.07, 6.45) is 7.71. The lowest BCUT2D eigenvalue weighted by atomic mass is 9.45. The standard InChI is InChI=1S/C19H26O3S2/c1-17-7-6-14-12(13(17)3-4-16(21)22-17)5-8-19-10-11(20)9-15(23-24-19)18(14,19)2/h12-15H,3-10H2,1-2H3/t12-,13+,14-,15-,17-,18+,19+/m1/s1. The summed E-state index contributed by atoms with van der Waals surface area (Å²) in [5, 5.41) is 0.493. The molecular formula is C19H26O3S2. The molecule has 24 heavy (non-hydrogen) atoms. The van der Waals surface area contributed by atoms with Crippen molar-refractivity contribution in [2.24, 2.45) is 23.2 Å². The number of rotatable bonds is 0. The number of carbonyl (C=O) groups is 2. The Bertz CT molecular complexity index is 622. The summed E-state index contributed by atoms with van der Waals surface area (Å²) in [4.78, 5) is 24.2. The summed E-state index contributed by atoms with van der Waals surface area (Å²) in [6.45, 7) is 4.69. The van der Waals surface area contributed by atoms with Gasteiger partial charge in [0.05, 0.1) is 0 Å². The summed E-state index contributed by atoms with van der Waals surface area (Å²) in [5.74, 6) is 2.38. The van der Waals surface area contributed by atoms with Crippen LogP contribution in [0, 0.1) is 23.2 Å². The Balaban J connectivity index is 1.52. The van der Waals surface area contributed by atoms with Crippen molar-refractivity contribution in [1.29, 1.82) is 0 Å². The molecule has 2 aliphatic heterocycles. The molecule has 0 radical (unpaired) electrons. The molecule has 3 aliphatic carbocycles. The van der Waals surface area contributed by atoms with E-state index in [1.54, 1.807) is 0 Å². The number of hydrogen-bond acceptors (Lipinski definition) is 5. The van der Waals surface area contributed by atoms with Crippen LogP contribution in [0.25, 0.3) is 0 Å². The van der Waals surface area contributed by atoms with Crippen LogP contribution < -0.4 is 0 Å². The van der Waals surface area contributed by atoms with Crippen LogP contribution in [-0.4, -0.2) is 27.4 Å². The Morgan fingerprint density at radius 1 is 1.08 bits per heavy atom. The minimum Gasteiger partial charge on any atom is -0.459 e. The first-order valence-electron chi connectivity index (χ1n) is 9.46. The predicted molar refractivity (Wildman–Crippen MR) is 96.7 cm³/mol. The van der Waals surface area contributed by atoms with Crippen LogP contribution in [0.4, 0.5) is 0 Å². The summed E-state index contributed by atoms with van der Waals surface area (Å²) >= 11 is 0. The first kappa shape index (κ1) is 16.0. The number of esters is 1. The van der Waals surface area contributed by atoms with Crippen LogP contribution in [0.5, 0.6) is 0 Å². The Morgan fingerprint density at radius 3 is 2.75 bits per heavy atom. The van der Waals surface area contributed by atoms with Crippen molar-refractivity contribution >= 4 is 33.3 Å². The largest absolute Gasteiger partial charge is 0.459 e. The van der Waals surface area contributed by atoms with E-state index in [0.717, 1.165) is 32.1 Å². The zero-order valence-electron chi connectivity index (χ0n) is 14.5. The van der Waals surface area contributed by atoms with Crippen molar-refractivity contribution in [3.8, 4) is 0 Å². The molecule has 0 aromatic carbocycles. The van der Waals surface area contributed by atoms with Crippen molar-refractivity contribution < 1.29 is 14.3 Å². The number of fused-ring (bicyclic) bond motifs is 3. The highest BCUT2D eigenvalue weighted by atomic mass is 33.1. The molecule has 5 aliphatic rings. The highest BCUT2D eigenvalue weighted by Gasteiger charge is 2.70. The third-order valence-corrected chi connectivity index (χ3v) is 12.3. The third kappa shape index (κ3) is 1.84. The fourth-order valence-corrected chi connectivity index (χ4v) is 11.8. The second-order valence-electron chi connectivity index (χ2n) is 9.14. The van der Waals surface area contributed by atoms with E-state index in [1.807, 2.05) is 21.6 Å². The van der Waals surface area contributed by atoms with Gasteiger partial charge in [-0.3, -0.25) is 9.59 Å². The van der Waals surface area contributed by atoms with E-state index < -0.39 is 0 Å². The quantitative estimate of drug-likeness (QED) is 0.470. The highest BCUT2D eigenvalue weighted by molar-refractivity contribution is 8.78. The van der Waals surface area contributed by atoms with Gasteiger partial charge in [0.2, 0.25) is 0 Å². The lowest BCUT2D eigenvalue weighted by Crippen LogP contribution is -2.64. The molecular weight excluding hydrogens is 340 g/mol. The van der Waals surface area contributed by atoms with Gasteiger partial charge < -0.3 is 4.74 Å². The number of carbonyl (C=O) groups excluding carboxylic acids is 2. The van der Waals surface area contributed by atoms with Gasteiger partial charge in [-0.1, -0.05) is 28.5 Å². The van der Waals surface area contributed by atoms with Crippen LogP contribution in [-0.2, 0) is 14.3 Å². The molecule has 5 heteroatoms. The van der Waals surface area contributed by atoms with Gasteiger partial charge in [0, 0.05) is 35.2 Å². The molecule has 3 nitrogen and oxygen atoms in total. The van der Waals surface area contributed by atoms with Gasteiger partial charge in [-0.05, 0) is 56.3 Å². The Hall–Kier alpha value is -0.160. The van der Waals surface area contributed by atoms with Gasteiger partial charge in [-0.15, -0.1) is 0 Å². The maximum Gasteiger partial charge on any atom is 0.306 e. The van der Waals surface area contributed by atoms with Gasteiger partial charge in [0.15, 0.2) is 0 Å². The van der Waals surface area contributed by atoms with E-state index in [1.165, 1.54) is 12.8 Å². The summed E-state index contributed by atoms with van der Waals surface area (Å²) in [7, 11) is 4.05. The third-order valence-electron chi connectivity index (χ3n) is 8.30. The highest BCUT2D eigenvalue weighted by Crippen LogP contribution is 2.76. The van der Waals surface area contributed by atoms with E-state index in [9.17, 15) is 9.59 Å². The lowest BCUT2D eigenvalue weighted by Gasteiger charge is -2.63. The first-order chi connectivity index (χ1) is 11.4. The SMILES string of the molecule is C[C@@]12[C@@H]3CC[C@@]4(C)OC(=O)CC[C@H]4[C@H]3CC[C@]13CC(=O)C[C@H]2SS3. The zero-order valence-corrected chi connectivity index (χ0v) is 16.1. The number of hydrogen-bond donors (Lipinski definition) is 0. The van der Waals surface area contributed by atoms with Gasteiger partial charge in [-0.2, -0.15) is 0 Å². The van der Waals surface area contributed by atoms with Crippen molar-refractivity contribution in [3.05, 3.63) is 0 Å². The van der Waals surface area contributed by atoms with Crippen molar-refractivity contribution in [1.82, 2.24) is 0 Å². The van der Waals surface area contributed by atoms with Gasteiger partial charge >= 0.3 is 5.97 Å². The zero-order chi connectivity index (χ0) is 16.7. The first-order valence-corrected chi connectivity index (χ1v) is 11.7. The molecule has 0 unspecified atom stereocenters. The van der Waals surface area contributed by atoms with Crippen molar-refractivity contribution in [3.63, 3.8) is 0 Å². The van der Waals surface area contributed by atoms with Gasteiger partial charge in [-0.25, -0.2) is 0 Å². The van der Waals surface area contributed by atoms with Gasteiger partial charge in [0.25, 0.3) is 0 Å². The van der Waals surface area contributed by atoms with Crippen LogP contribution in [0.15, 0.2) is 0 Å². The van der Waals surface area contributed by atoms with Gasteiger partial charge in [0.1, 0.15) is 11.4 Å². The molecule has 2 heterocycles. The molecule has 0 N–H and O–H groups in total. The fourth-order valence-electron chi connectivity index (χ4n) is 7.02. The van der Waals surface area contributed by atoms with Crippen LogP contribution >= 0.6 is 21.6 Å². The monoisotopic (exact) mass is 366 g/mol. The fraction of sp³-hybridized carbons (Fsp3) is 0.895. The Kier molecular flexibility index (Phi) is 3.32. The average Bonchev–Trinajstić information content (AvgIpc) is 2.68. The molecule has 0 spiro atoms. The van der Waals surface area contributed by atoms with Crippen LogP contribution in [0.1, 0.15) is 65.2 Å². The molecule has 7 atom stereocenters. The second-order valence-corrected chi connectivity index (χ2v) is 11.9. The molecule has 3 saturated carbocycles. The van der Waals surface area contributed by atoms with Crippen LogP contribution in [0.2, 0.25) is 0 Å². The molecule has 2 saturated heterocycles.